The van der Waals surface area contributed by atoms with Gasteiger partial charge in [0.15, 0.2) is 12.0 Å². The van der Waals surface area contributed by atoms with Gasteiger partial charge in [-0.15, -0.1) is 0 Å². The molecular formula is C14H17NO5. The first-order valence-electron chi connectivity index (χ1n) is 5.93. The highest BCUT2D eigenvalue weighted by atomic mass is 16.5. The summed E-state index contributed by atoms with van der Waals surface area (Å²) in [6, 6.07) is 2.79. The van der Waals surface area contributed by atoms with Gasteiger partial charge in [0.05, 0.1) is 12.2 Å². The van der Waals surface area contributed by atoms with Crippen LogP contribution in [0, 0.1) is 6.92 Å². The van der Waals surface area contributed by atoms with E-state index in [2.05, 4.69) is 11.9 Å². The number of aromatic hydroxyl groups is 1. The standard InChI is InChI=1S/C14H17NO5/c1-9-11(8-16)12(17)4-5-13(9)20-10(2)14(18)15-6-7-19-3/h4-5,8,17H,2,6-7H2,1,3H3,(H,15,18). The molecule has 6 nitrogen and oxygen atoms in total. The number of rotatable bonds is 7. The molecule has 2 N–H and O–H groups in total. The summed E-state index contributed by atoms with van der Waals surface area (Å²) in [6.45, 7) is 5.85. The SMILES string of the molecule is C=C(Oc1ccc(O)c(C=O)c1C)C(=O)NCCOC. The minimum absolute atomic E-state index is 0.105. The van der Waals surface area contributed by atoms with E-state index in [0.29, 0.717) is 25.0 Å². The Labute approximate surface area is 117 Å². The quantitative estimate of drug-likeness (QED) is 0.339. The molecule has 0 aromatic heterocycles. The van der Waals surface area contributed by atoms with Gasteiger partial charge in [0, 0.05) is 19.2 Å². The van der Waals surface area contributed by atoms with Crippen molar-refractivity contribution in [2.45, 2.75) is 6.92 Å². The fourth-order valence-electron chi connectivity index (χ4n) is 1.50. The number of amides is 1. The second-order valence-corrected chi connectivity index (χ2v) is 4.01. The maximum Gasteiger partial charge on any atom is 0.286 e. The molecule has 0 aliphatic heterocycles. The highest BCUT2D eigenvalue weighted by Gasteiger charge is 2.14. The Hall–Kier alpha value is -2.34. The number of ether oxygens (including phenoxy) is 2. The zero-order valence-corrected chi connectivity index (χ0v) is 11.4. The lowest BCUT2D eigenvalue weighted by molar-refractivity contribution is -0.119. The number of phenolic OH excluding ortho intramolecular Hbond substituents is 1. The Bertz CT molecular complexity index is 525. The molecule has 0 spiro atoms. The number of nitrogens with one attached hydrogen (secondary N) is 1. The molecule has 0 fully saturated rings. The van der Waals surface area contributed by atoms with Crippen LogP contribution < -0.4 is 10.1 Å². The summed E-state index contributed by atoms with van der Waals surface area (Å²) in [6.07, 6.45) is 0.527. The van der Waals surface area contributed by atoms with Crippen LogP contribution in [0.15, 0.2) is 24.5 Å². The molecule has 1 aromatic carbocycles. The van der Waals surface area contributed by atoms with Crippen molar-refractivity contribution in [2.75, 3.05) is 20.3 Å². The van der Waals surface area contributed by atoms with Gasteiger partial charge in [0.2, 0.25) is 0 Å². The largest absolute Gasteiger partial charge is 0.507 e. The van der Waals surface area contributed by atoms with Gasteiger partial charge in [0.1, 0.15) is 11.5 Å². The Morgan fingerprint density at radius 2 is 2.20 bits per heavy atom. The first-order chi connectivity index (χ1) is 9.51. The third-order valence-corrected chi connectivity index (χ3v) is 2.64. The van der Waals surface area contributed by atoms with E-state index in [9.17, 15) is 14.7 Å². The van der Waals surface area contributed by atoms with Crippen LogP contribution in [0.4, 0.5) is 0 Å². The molecule has 0 saturated carbocycles. The lowest BCUT2D eigenvalue weighted by Gasteiger charge is -2.12. The van der Waals surface area contributed by atoms with E-state index in [4.69, 9.17) is 9.47 Å². The van der Waals surface area contributed by atoms with Gasteiger partial charge in [-0.2, -0.15) is 0 Å². The van der Waals surface area contributed by atoms with Crippen LogP contribution in [0.25, 0.3) is 0 Å². The van der Waals surface area contributed by atoms with Gasteiger partial charge >= 0.3 is 0 Å². The van der Waals surface area contributed by atoms with E-state index in [1.54, 1.807) is 6.92 Å². The molecule has 20 heavy (non-hydrogen) atoms. The van der Waals surface area contributed by atoms with Crippen molar-refractivity contribution in [3.63, 3.8) is 0 Å². The Morgan fingerprint density at radius 1 is 1.50 bits per heavy atom. The second kappa shape index (κ2) is 7.30. The Balaban J connectivity index is 2.76. The zero-order valence-electron chi connectivity index (χ0n) is 11.4. The number of hydrogen-bond donors (Lipinski definition) is 2. The molecule has 0 aliphatic rings. The van der Waals surface area contributed by atoms with Crippen molar-refractivity contribution < 1.29 is 24.2 Å². The minimum Gasteiger partial charge on any atom is -0.507 e. The van der Waals surface area contributed by atoms with Gasteiger partial charge < -0.3 is 19.9 Å². The minimum atomic E-state index is -0.470. The molecule has 1 aromatic rings. The summed E-state index contributed by atoms with van der Waals surface area (Å²) < 4.78 is 10.1. The van der Waals surface area contributed by atoms with Gasteiger partial charge in [-0.05, 0) is 19.1 Å². The van der Waals surface area contributed by atoms with Gasteiger partial charge in [-0.3, -0.25) is 9.59 Å². The number of carbonyl (C=O) groups is 2. The van der Waals surface area contributed by atoms with Crippen LogP contribution in [0.2, 0.25) is 0 Å². The average Bonchev–Trinajstić information content (AvgIpc) is 2.42. The van der Waals surface area contributed by atoms with Crippen molar-refractivity contribution >= 4 is 12.2 Å². The van der Waals surface area contributed by atoms with Gasteiger partial charge in [-0.25, -0.2) is 0 Å². The average molecular weight is 279 g/mol. The van der Waals surface area contributed by atoms with Crippen LogP contribution in [0.5, 0.6) is 11.5 Å². The summed E-state index contributed by atoms with van der Waals surface area (Å²) in [5.74, 6) is -0.425. The Morgan fingerprint density at radius 3 is 2.80 bits per heavy atom. The third-order valence-electron chi connectivity index (χ3n) is 2.64. The zero-order chi connectivity index (χ0) is 15.1. The number of aldehydes is 1. The van der Waals surface area contributed by atoms with Crippen molar-refractivity contribution in [1.82, 2.24) is 5.32 Å². The lowest BCUT2D eigenvalue weighted by Crippen LogP contribution is -2.29. The van der Waals surface area contributed by atoms with E-state index >= 15 is 0 Å². The predicted molar refractivity (Wildman–Crippen MR) is 72.9 cm³/mol. The molecule has 0 aliphatic carbocycles. The number of hydrogen-bond acceptors (Lipinski definition) is 5. The smallest absolute Gasteiger partial charge is 0.286 e. The van der Waals surface area contributed by atoms with E-state index < -0.39 is 5.91 Å². The van der Waals surface area contributed by atoms with E-state index in [1.807, 2.05) is 0 Å². The molecule has 6 heteroatoms. The highest BCUT2D eigenvalue weighted by molar-refractivity contribution is 5.91. The number of phenols is 1. The second-order valence-electron chi connectivity index (χ2n) is 4.01. The lowest BCUT2D eigenvalue weighted by atomic mass is 10.1. The number of benzene rings is 1. The fourth-order valence-corrected chi connectivity index (χ4v) is 1.50. The first-order valence-corrected chi connectivity index (χ1v) is 5.93. The van der Waals surface area contributed by atoms with Crippen LogP contribution in [-0.4, -0.2) is 37.6 Å². The molecule has 0 unspecified atom stereocenters. The molecule has 0 atom stereocenters. The number of carbonyl (C=O) groups excluding carboxylic acids is 2. The predicted octanol–water partition coefficient (Wildman–Crippen LogP) is 1.17. The van der Waals surface area contributed by atoms with Crippen molar-refractivity contribution in [3.8, 4) is 11.5 Å². The van der Waals surface area contributed by atoms with Crippen molar-refractivity contribution in [3.05, 3.63) is 35.6 Å². The maximum atomic E-state index is 11.6. The molecule has 0 heterocycles. The van der Waals surface area contributed by atoms with Crippen LogP contribution in [-0.2, 0) is 9.53 Å². The number of methoxy groups -OCH3 is 1. The van der Waals surface area contributed by atoms with Crippen molar-refractivity contribution in [2.24, 2.45) is 0 Å². The molecule has 1 rings (SSSR count). The topological polar surface area (TPSA) is 84.9 Å². The molecule has 1 amide bonds. The van der Waals surface area contributed by atoms with Crippen molar-refractivity contribution in [1.29, 1.82) is 0 Å². The van der Waals surface area contributed by atoms with Gasteiger partial charge in [0.25, 0.3) is 5.91 Å². The van der Waals surface area contributed by atoms with Crippen LogP contribution in [0.3, 0.4) is 0 Å². The summed E-state index contributed by atoms with van der Waals surface area (Å²) >= 11 is 0. The monoisotopic (exact) mass is 279 g/mol. The van der Waals surface area contributed by atoms with E-state index in [0.717, 1.165) is 0 Å². The summed E-state index contributed by atoms with van der Waals surface area (Å²) in [4.78, 5) is 22.5. The molecular weight excluding hydrogens is 262 g/mol. The fraction of sp³-hybridized carbons (Fsp3) is 0.286. The summed E-state index contributed by atoms with van der Waals surface area (Å²) in [5.41, 5.74) is 0.556. The third kappa shape index (κ3) is 3.83. The Kier molecular flexibility index (Phi) is 5.74. The molecule has 0 saturated heterocycles. The highest BCUT2D eigenvalue weighted by Crippen LogP contribution is 2.28. The first kappa shape index (κ1) is 15.7. The van der Waals surface area contributed by atoms with Gasteiger partial charge in [-0.1, -0.05) is 6.58 Å². The molecule has 0 radical (unpaired) electrons. The summed E-state index contributed by atoms with van der Waals surface area (Å²) in [5, 5.41) is 12.1. The van der Waals surface area contributed by atoms with Crippen LogP contribution >= 0.6 is 0 Å². The van der Waals surface area contributed by atoms with E-state index in [1.165, 1.54) is 19.2 Å². The molecule has 108 valence electrons. The van der Waals surface area contributed by atoms with Crippen LogP contribution in [0.1, 0.15) is 15.9 Å². The normalized spacial score (nSPS) is 9.90. The summed E-state index contributed by atoms with van der Waals surface area (Å²) in [7, 11) is 1.53. The molecule has 0 bridgehead atoms. The van der Waals surface area contributed by atoms with E-state index in [-0.39, 0.29) is 22.8 Å². The maximum absolute atomic E-state index is 11.6.